The summed E-state index contributed by atoms with van der Waals surface area (Å²) in [4.78, 5) is 15.1. The van der Waals surface area contributed by atoms with E-state index in [1.54, 1.807) is 0 Å². The molecule has 2 N–H and O–H groups in total. The summed E-state index contributed by atoms with van der Waals surface area (Å²) >= 11 is 0. The minimum absolute atomic E-state index is 0.123. The average molecular weight is 161 g/mol. The molecule has 4 nitrogen and oxygen atoms in total. The predicted octanol–water partition coefficient (Wildman–Crippen LogP) is 0.214. The van der Waals surface area contributed by atoms with Crippen LogP contribution < -0.4 is 5.48 Å². The van der Waals surface area contributed by atoms with Crippen LogP contribution >= 0.6 is 0 Å². The molecule has 0 amide bonds. The Morgan fingerprint density at radius 1 is 1.64 bits per heavy atom. The Balaban J connectivity index is 3.46. The molecule has 0 radical (unpaired) electrons. The van der Waals surface area contributed by atoms with E-state index in [1.807, 2.05) is 13.8 Å². The van der Waals surface area contributed by atoms with Crippen molar-refractivity contribution in [2.75, 3.05) is 0 Å². The highest BCUT2D eigenvalue weighted by Crippen LogP contribution is 1.89. The van der Waals surface area contributed by atoms with Crippen molar-refractivity contribution < 1.29 is 14.7 Å². The van der Waals surface area contributed by atoms with E-state index in [0.717, 1.165) is 6.42 Å². The van der Waals surface area contributed by atoms with Crippen molar-refractivity contribution in [1.29, 1.82) is 0 Å². The summed E-state index contributed by atoms with van der Waals surface area (Å²) in [5.41, 5.74) is 2.50. The van der Waals surface area contributed by atoms with Gasteiger partial charge in [0.15, 0.2) is 6.10 Å². The summed E-state index contributed by atoms with van der Waals surface area (Å²) in [5, 5.41) is 8.69. The first-order chi connectivity index (χ1) is 5.07. The van der Waals surface area contributed by atoms with E-state index in [-0.39, 0.29) is 6.04 Å². The molecule has 0 aromatic heterocycles. The molecule has 0 saturated heterocycles. The van der Waals surface area contributed by atoms with Crippen LogP contribution in [0.1, 0.15) is 27.2 Å². The number of hydrogen-bond acceptors (Lipinski definition) is 4. The van der Waals surface area contributed by atoms with Crippen LogP contribution in [0.15, 0.2) is 0 Å². The largest absolute Gasteiger partial charge is 0.382 e. The zero-order valence-electron chi connectivity index (χ0n) is 7.13. The molecule has 66 valence electrons. The number of aliphatic hydroxyl groups is 1. The fourth-order valence-corrected chi connectivity index (χ4v) is 0.327. The summed E-state index contributed by atoms with van der Waals surface area (Å²) in [6.45, 7) is 5.21. The molecule has 0 aliphatic heterocycles. The predicted molar refractivity (Wildman–Crippen MR) is 40.7 cm³/mol. The molecular weight excluding hydrogens is 146 g/mol. The lowest BCUT2D eigenvalue weighted by Crippen LogP contribution is -2.32. The molecule has 0 spiro atoms. The van der Waals surface area contributed by atoms with Crippen molar-refractivity contribution in [1.82, 2.24) is 5.48 Å². The Labute approximate surface area is 66.5 Å². The first-order valence-corrected chi connectivity index (χ1v) is 3.72. The monoisotopic (exact) mass is 161 g/mol. The van der Waals surface area contributed by atoms with E-state index >= 15 is 0 Å². The third-order valence-corrected chi connectivity index (χ3v) is 1.31. The molecule has 0 rings (SSSR count). The molecule has 0 bridgehead atoms. The lowest BCUT2D eigenvalue weighted by atomic mass is 10.3. The second kappa shape index (κ2) is 5.09. The summed E-state index contributed by atoms with van der Waals surface area (Å²) in [6, 6.07) is 0.123. The lowest BCUT2D eigenvalue weighted by Gasteiger charge is -2.11. The fourth-order valence-electron chi connectivity index (χ4n) is 0.327. The molecule has 0 saturated carbocycles. The van der Waals surface area contributed by atoms with Gasteiger partial charge < -0.3 is 9.94 Å². The van der Waals surface area contributed by atoms with E-state index in [9.17, 15) is 4.79 Å². The first-order valence-electron chi connectivity index (χ1n) is 3.72. The van der Waals surface area contributed by atoms with Crippen molar-refractivity contribution in [3.8, 4) is 0 Å². The normalized spacial score (nSPS) is 15.6. The zero-order valence-corrected chi connectivity index (χ0v) is 7.13. The number of hydrogen-bond donors (Lipinski definition) is 2. The number of hydroxylamine groups is 1. The molecule has 4 heteroatoms. The van der Waals surface area contributed by atoms with Crippen molar-refractivity contribution >= 4 is 5.97 Å². The second-order valence-electron chi connectivity index (χ2n) is 2.52. The third-order valence-electron chi connectivity index (χ3n) is 1.31. The van der Waals surface area contributed by atoms with Gasteiger partial charge >= 0.3 is 5.97 Å². The Morgan fingerprint density at radius 3 is 2.55 bits per heavy atom. The van der Waals surface area contributed by atoms with Gasteiger partial charge in [0.2, 0.25) is 0 Å². The zero-order chi connectivity index (χ0) is 8.85. The van der Waals surface area contributed by atoms with Gasteiger partial charge in [0.25, 0.3) is 0 Å². The molecule has 0 aliphatic carbocycles. The van der Waals surface area contributed by atoms with E-state index in [2.05, 4.69) is 10.3 Å². The van der Waals surface area contributed by atoms with Crippen molar-refractivity contribution in [2.24, 2.45) is 0 Å². The second-order valence-corrected chi connectivity index (χ2v) is 2.52. The lowest BCUT2D eigenvalue weighted by molar-refractivity contribution is -0.161. The third kappa shape index (κ3) is 4.75. The molecular formula is C7H15NO3. The van der Waals surface area contributed by atoms with Gasteiger partial charge in [-0.05, 0) is 20.3 Å². The standard InChI is InChI=1S/C7H15NO3/c1-4-5(2)8-11-7(10)6(3)9/h5-6,8-9H,4H2,1-3H3. The van der Waals surface area contributed by atoms with Crippen molar-refractivity contribution in [3.63, 3.8) is 0 Å². The van der Waals surface area contributed by atoms with Crippen molar-refractivity contribution in [3.05, 3.63) is 0 Å². The number of aliphatic hydroxyl groups excluding tert-OH is 1. The smallest absolute Gasteiger partial charge is 0.353 e. The van der Waals surface area contributed by atoms with Gasteiger partial charge in [0.1, 0.15) is 0 Å². The minimum atomic E-state index is -1.06. The highest BCUT2D eigenvalue weighted by Gasteiger charge is 2.10. The highest BCUT2D eigenvalue weighted by atomic mass is 16.7. The van der Waals surface area contributed by atoms with Crippen molar-refractivity contribution in [2.45, 2.75) is 39.3 Å². The molecule has 0 aliphatic rings. The van der Waals surface area contributed by atoms with Crippen LogP contribution in [0.2, 0.25) is 0 Å². The van der Waals surface area contributed by atoms with Gasteiger partial charge in [-0.15, -0.1) is 0 Å². The van der Waals surface area contributed by atoms with Gasteiger partial charge in [-0.2, -0.15) is 5.48 Å². The van der Waals surface area contributed by atoms with Crippen LogP contribution in [-0.4, -0.2) is 23.2 Å². The number of rotatable bonds is 4. The maximum atomic E-state index is 10.6. The summed E-state index contributed by atoms with van der Waals surface area (Å²) < 4.78 is 0. The molecule has 0 aromatic carbocycles. The Morgan fingerprint density at radius 2 is 2.18 bits per heavy atom. The number of nitrogens with one attached hydrogen (secondary N) is 1. The van der Waals surface area contributed by atoms with Crippen LogP contribution in [0.5, 0.6) is 0 Å². The maximum Gasteiger partial charge on any atom is 0.353 e. The van der Waals surface area contributed by atoms with Gasteiger partial charge in [-0.3, -0.25) is 0 Å². The summed E-state index contributed by atoms with van der Waals surface area (Å²) in [5.74, 6) is -0.648. The topological polar surface area (TPSA) is 58.6 Å². The fraction of sp³-hybridized carbons (Fsp3) is 0.857. The van der Waals surface area contributed by atoms with Gasteiger partial charge in [0, 0.05) is 6.04 Å². The van der Waals surface area contributed by atoms with E-state index in [1.165, 1.54) is 6.92 Å². The molecule has 11 heavy (non-hydrogen) atoms. The van der Waals surface area contributed by atoms with Crippen LogP contribution in [0.25, 0.3) is 0 Å². The molecule has 0 heterocycles. The SMILES string of the molecule is CCC(C)NOC(=O)C(C)O. The van der Waals surface area contributed by atoms with Crippen LogP contribution in [0.3, 0.4) is 0 Å². The Bertz CT molecular complexity index is 125. The Hall–Kier alpha value is -0.610. The first kappa shape index (κ1) is 10.4. The van der Waals surface area contributed by atoms with Crippen LogP contribution in [-0.2, 0) is 9.63 Å². The molecule has 0 fully saturated rings. The minimum Gasteiger partial charge on any atom is -0.382 e. The van der Waals surface area contributed by atoms with Crippen LogP contribution in [0.4, 0.5) is 0 Å². The number of carbonyl (C=O) groups is 1. The van der Waals surface area contributed by atoms with E-state index in [4.69, 9.17) is 5.11 Å². The van der Waals surface area contributed by atoms with Gasteiger partial charge in [0.05, 0.1) is 0 Å². The summed E-state index contributed by atoms with van der Waals surface area (Å²) in [7, 11) is 0. The van der Waals surface area contributed by atoms with E-state index < -0.39 is 12.1 Å². The Kier molecular flexibility index (Phi) is 4.81. The average Bonchev–Trinajstić information content (AvgIpc) is 1.99. The molecule has 2 atom stereocenters. The molecule has 2 unspecified atom stereocenters. The number of carbonyl (C=O) groups excluding carboxylic acids is 1. The van der Waals surface area contributed by atoms with Gasteiger partial charge in [-0.1, -0.05) is 6.92 Å². The summed E-state index contributed by atoms with van der Waals surface area (Å²) in [6.07, 6.45) is -0.195. The maximum absolute atomic E-state index is 10.6. The molecule has 0 aromatic rings. The van der Waals surface area contributed by atoms with Gasteiger partial charge in [-0.25, -0.2) is 4.79 Å². The van der Waals surface area contributed by atoms with E-state index in [0.29, 0.717) is 0 Å². The quantitative estimate of drug-likeness (QED) is 0.579. The van der Waals surface area contributed by atoms with Crippen LogP contribution in [0, 0.1) is 0 Å². The highest BCUT2D eigenvalue weighted by molar-refractivity contribution is 5.73.